The standard InChI is InChI=1S/C19H23N3O4/c1-2-13-6-8-14(9-7-13)22-16-5-3-4-15(16)18(21-22)19(25)20-10-11-26-12-17(23)24/h6-9H,2-5,10-12H2,1H3,(H,20,25)(H,23,24). The maximum atomic E-state index is 12.5. The Kier molecular flexibility index (Phi) is 5.68. The smallest absolute Gasteiger partial charge is 0.329 e. The number of carbonyl (C=O) groups is 2. The molecule has 0 unspecified atom stereocenters. The van der Waals surface area contributed by atoms with E-state index in [9.17, 15) is 9.59 Å². The van der Waals surface area contributed by atoms with Gasteiger partial charge >= 0.3 is 5.97 Å². The molecule has 0 atom stereocenters. The summed E-state index contributed by atoms with van der Waals surface area (Å²) in [5, 5.41) is 15.8. The van der Waals surface area contributed by atoms with Gasteiger partial charge in [-0.1, -0.05) is 19.1 Å². The normalized spacial score (nSPS) is 12.8. The lowest BCUT2D eigenvalue weighted by atomic mass is 10.1. The Balaban J connectivity index is 1.72. The summed E-state index contributed by atoms with van der Waals surface area (Å²) in [6.45, 7) is 2.15. The van der Waals surface area contributed by atoms with Crippen LogP contribution in [0.4, 0.5) is 0 Å². The molecule has 2 aromatic rings. The second-order valence-electron chi connectivity index (χ2n) is 6.26. The Morgan fingerprint density at radius 2 is 2.04 bits per heavy atom. The van der Waals surface area contributed by atoms with E-state index >= 15 is 0 Å². The van der Waals surface area contributed by atoms with E-state index in [2.05, 4.69) is 29.5 Å². The first-order chi connectivity index (χ1) is 12.6. The van der Waals surface area contributed by atoms with Gasteiger partial charge < -0.3 is 15.2 Å². The number of hydrogen-bond acceptors (Lipinski definition) is 4. The molecule has 7 heteroatoms. The Labute approximate surface area is 152 Å². The van der Waals surface area contributed by atoms with Crippen molar-refractivity contribution in [3.8, 4) is 5.69 Å². The number of nitrogens with zero attached hydrogens (tertiary/aromatic N) is 2. The minimum absolute atomic E-state index is 0.152. The van der Waals surface area contributed by atoms with Gasteiger partial charge in [0.1, 0.15) is 6.61 Å². The van der Waals surface area contributed by atoms with Crippen LogP contribution in [0.3, 0.4) is 0 Å². The summed E-state index contributed by atoms with van der Waals surface area (Å²) in [5.74, 6) is -1.27. The lowest BCUT2D eigenvalue weighted by molar-refractivity contribution is -0.142. The van der Waals surface area contributed by atoms with E-state index in [0.717, 1.165) is 42.6 Å². The van der Waals surface area contributed by atoms with Gasteiger partial charge in [0.25, 0.3) is 5.91 Å². The number of benzene rings is 1. The van der Waals surface area contributed by atoms with Crippen LogP contribution in [0, 0.1) is 0 Å². The van der Waals surface area contributed by atoms with Crippen LogP contribution < -0.4 is 5.32 Å². The predicted molar refractivity (Wildman–Crippen MR) is 95.8 cm³/mol. The number of aliphatic carboxylic acids is 1. The largest absolute Gasteiger partial charge is 0.480 e. The number of nitrogens with one attached hydrogen (secondary N) is 1. The molecule has 0 saturated carbocycles. The molecule has 1 aliphatic carbocycles. The number of carboxylic acid groups (broad SMARTS) is 1. The van der Waals surface area contributed by atoms with Crippen LogP contribution >= 0.6 is 0 Å². The molecule has 0 saturated heterocycles. The molecular weight excluding hydrogens is 334 g/mol. The molecule has 26 heavy (non-hydrogen) atoms. The van der Waals surface area contributed by atoms with E-state index in [1.807, 2.05) is 16.8 Å². The van der Waals surface area contributed by atoms with Crippen molar-refractivity contribution in [3.63, 3.8) is 0 Å². The Hall–Kier alpha value is -2.67. The second kappa shape index (κ2) is 8.14. The summed E-state index contributed by atoms with van der Waals surface area (Å²) >= 11 is 0. The van der Waals surface area contributed by atoms with Gasteiger partial charge in [0.05, 0.1) is 12.3 Å². The first-order valence-corrected chi connectivity index (χ1v) is 8.88. The molecule has 1 amide bonds. The zero-order valence-corrected chi connectivity index (χ0v) is 14.8. The van der Waals surface area contributed by atoms with Crippen molar-refractivity contribution in [1.29, 1.82) is 0 Å². The van der Waals surface area contributed by atoms with E-state index in [-0.39, 0.29) is 25.7 Å². The lowest BCUT2D eigenvalue weighted by Gasteiger charge is -2.06. The molecule has 0 bridgehead atoms. The first-order valence-electron chi connectivity index (χ1n) is 8.88. The average molecular weight is 357 g/mol. The highest BCUT2D eigenvalue weighted by Gasteiger charge is 2.26. The maximum Gasteiger partial charge on any atom is 0.329 e. The summed E-state index contributed by atoms with van der Waals surface area (Å²) < 4.78 is 6.80. The van der Waals surface area contributed by atoms with Crippen molar-refractivity contribution < 1.29 is 19.4 Å². The molecule has 1 heterocycles. The Morgan fingerprint density at radius 3 is 2.73 bits per heavy atom. The molecule has 3 rings (SSSR count). The number of ether oxygens (including phenoxy) is 1. The summed E-state index contributed by atoms with van der Waals surface area (Å²) in [6, 6.07) is 8.23. The van der Waals surface area contributed by atoms with Crippen molar-refractivity contribution in [2.75, 3.05) is 19.8 Å². The molecule has 1 aromatic heterocycles. The molecule has 0 spiro atoms. The number of hydrogen-bond donors (Lipinski definition) is 2. The first kappa shape index (κ1) is 18.1. The average Bonchev–Trinajstić information content (AvgIpc) is 3.23. The quantitative estimate of drug-likeness (QED) is 0.702. The fourth-order valence-electron chi connectivity index (χ4n) is 3.19. The predicted octanol–water partition coefficient (Wildman–Crippen LogP) is 1.75. The highest BCUT2D eigenvalue weighted by atomic mass is 16.5. The number of amides is 1. The SMILES string of the molecule is CCc1ccc(-n2nc(C(=O)NCCOCC(=O)O)c3c2CCC3)cc1. The summed E-state index contributed by atoms with van der Waals surface area (Å²) in [6.07, 6.45) is 3.75. The third-order valence-corrected chi connectivity index (χ3v) is 4.49. The van der Waals surface area contributed by atoms with Gasteiger partial charge in [-0.25, -0.2) is 9.48 Å². The zero-order valence-electron chi connectivity index (χ0n) is 14.8. The van der Waals surface area contributed by atoms with Crippen LogP contribution in [0.5, 0.6) is 0 Å². The topological polar surface area (TPSA) is 93.5 Å². The van der Waals surface area contributed by atoms with E-state index in [1.165, 1.54) is 5.56 Å². The third-order valence-electron chi connectivity index (χ3n) is 4.49. The van der Waals surface area contributed by atoms with Crippen LogP contribution in [0.15, 0.2) is 24.3 Å². The van der Waals surface area contributed by atoms with E-state index in [1.54, 1.807) is 0 Å². The van der Waals surface area contributed by atoms with Gasteiger partial charge in [-0.2, -0.15) is 5.10 Å². The van der Waals surface area contributed by atoms with Crippen molar-refractivity contribution in [1.82, 2.24) is 15.1 Å². The minimum Gasteiger partial charge on any atom is -0.480 e. The van der Waals surface area contributed by atoms with Gasteiger partial charge in [0.2, 0.25) is 0 Å². The number of fused-ring (bicyclic) bond motifs is 1. The van der Waals surface area contributed by atoms with Crippen LogP contribution in [-0.4, -0.2) is 46.5 Å². The summed E-state index contributed by atoms with van der Waals surface area (Å²) in [5.41, 5.74) is 4.78. The number of carbonyl (C=O) groups excluding carboxylic acids is 1. The second-order valence-corrected chi connectivity index (χ2v) is 6.26. The van der Waals surface area contributed by atoms with Crippen LogP contribution in [0.25, 0.3) is 5.69 Å². The van der Waals surface area contributed by atoms with Crippen molar-refractivity contribution in [2.24, 2.45) is 0 Å². The fourth-order valence-corrected chi connectivity index (χ4v) is 3.19. The number of aromatic nitrogens is 2. The van der Waals surface area contributed by atoms with Gasteiger partial charge in [-0.15, -0.1) is 0 Å². The minimum atomic E-state index is -1.03. The molecule has 2 N–H and O–H groups in total. The van der Waals surface area contributed by atoms with Crippen molar-refractivity contribution in [3.05, 3.63) is 46.8 Å². The molecule has 7 nitrogen and oxygen atoms in total. The zero-order chi connectivity index (χ0) is 18.5. The summed E-state index contributed by atoms with van der Waals surface area (Å²) in [4.78, 5) is 22.9. The molecule has 1 aromatic carbocycles. The number of aryl methyl sites for hydroxylation is 1. The molecule has 0 radical (unpaired) electrons. The van der Waals surface area contributed by atoms with E-state index < -0.39 is 5.97 Å². The highest BCUT2D eigenvalue weighted by Crippen LogP contribution is 2.28. The highest BCUT2D eigenvalue weighted by molar-refractivity contribution is 5.94. The van der Waals surface area contributed by atoms with Gasteiger partial charge in [-0.3, -0.25) is 4.79 Å². The van der Waals surface area contributed by atoms with Gasteiger partial charge in [0, 0.05) is 17.8 Å². The molecule has 0 fully saturated rings. The molecule has 138 valence electrons. The Bertz CT molecular complexity index is 796. The van der Waals surface area contributed by atoms with Crippen LogP contribution in [0.2, 0.25) is 0 Å². The summed E-state index contributed by atoms with van der Waals surface area (Å²) in [7, 11) is 0. The van der Waals surface area contributed by atoms with E-state index in [4.69, 9.17) is 9.84 Å². The Morgan fingerprint density at radius 1 is 1.27 bits per heavy atom. The van der Waals surface area contributed by atoms with E-state index in [0.29, 0.717) is 5.69 Å². The van der Waals surface area contributed by atoms with Crippen LogP contribution in [-0.2, 0) is 28.8 Å². The van der Waals surface area contributed by atoms with Crippen molar-refractivity contribution in [2.45, 2.75) is 32.6 Å². The monoisotopic (exact) mass is 357 g/mol. The van der Waals surface area contributed by atoms with Gasteiger partial charge in [-0.05, 0) is 43.4 Å². The number of carboxylic acids is 1. The third kappa shape index (κ3) is 3.94. The number of rotatable bonds is 8. The van der Waals surface area contributed by atoms with Crippen molar-refractivity contribution >= 4 is 11.9 Å². The fraction of sp³-hybridized carbons (Fsp3) is 0.421. The lowest BCUT2D eigenvalue weighted by Crippen LogP contribution is -2.29. The van der Waals surface area contributed by atoms with Gasteiger partial charge in [0.15, 0.2) is 5.69 Å². The van der Waals surface area contributed by atoms with Crippen LogP contribution in [0.1, 0.15) is 40.7 Å². The molecule has 0 aliphatic heterocycles. The molecule has 1 aliphatic rings. The maximum absolute atomic E-state index is 12.5. The molecular formula is C19H23N3O4.